The maximum absolute atomic E-state index is 13.5. The number of Topliss-reactive ketones (excluding diaryl/α,β-unsaturated/α-hetero) is 1. The summed E-state index contributed by atoms with van der Waals surface area (Å²) in [5, 5.41) is 2.20. The van der Waals surface area contributed by atoms with Crippen LogP contribution < -0.4 is 5.32 Å². The van der Waals surface area contributed by atoms with Gasteiger partial charge in [0.25, 0.3) is 0 Å². The van der Waals surface area contributed by atoms with Crippen LogP contribution in [0.4, 0.5) is 4.39 Å². The van der Waals surface area contributed by atoms with E-state index >= 15 is 0 Å². The van der Waals surface area contributed by atoms with Gasteiger partial charge in [-0.25, -0.2) is 14.2 Å². The van der Waals surface area contributed by atoms with Crippen LogP contribution in [0.25, 0.3) is 0 Å². The average Bonchev–Trinajstić information content (AvgIpc) is 3.27. The molecule has 1 aliphatic carbocycles. The van der Waals surface area contributed by atoms with E-state index in [9.17, 15) is 14.0 Å². The first-order chi connectivity index (χ1) is 10.4. The molecular weight excluding hydrogens is 334 g/mol. The van der Waals surface area contributed by atoms with Gasteiger partial charge in [-0.1, -0.05) is 23.2 Å². The molecule has 1 N–H and O–H groups in total. The van der Waals surface area contributed by atoms with Crippen molar-refractivity contribution in [1.82, 2.24) is 10.3 Å². The van der Waals surface area contributed by atoms with E-state index in [2.05, 4.69) is 10.3 Å². The first-order valence-electron chi connectivity index (χ1n) is 6.63. The Kier molecular flexibility index (Phi) is 5.37. The third-order valence-electron chi connectivity index (χ3n) is 2.91. The van der Waals surface area contributed by atoms with Crippen molar-refractivity contribution in [2.45, 2.75) is 25.8 Å². The second kappa shape index (κ2) is 7.07. The lowest BCUT2D eigenvalue weighted by molar-refractivity contribution is -0.138. The highest BCUT2D eigenvalue weighted by molar-refractivity contribution is 6.37. The predicted molar refractivity (Wildman–Crippen MR) is 79.4 cm³/mol. The topological polar surface area (TPSA) is 68.3 Å². The number of carbonyl (C=O) groups is 2. The Labute approximate surface area is 136 Å². The Morgan fingerprint density at radius 3 is 2.73 bits per heavy atom. The zero-order valence-electron chi connectivity index (χ0n) is 11.7. The maximum Gasteiger partial charge on any atom is 0.343 e. The van der Waals surface area contributed by atoms with Crippen LogP contribution in [-0.2, 0) is 9.53 Å². The second-order valence-electron chi connectivity index (χ2n) is 4.65. The Bertz CT molecular complexity index is 645. The standard InChI is InChI=1S/C14H13Cl2FN2O3/c1-2-22-14(21)9(6-18-7-3-4-7)11(20)8-5-10(17)13(16)19-12(8)15/h5-7,18H,2-4H2,1H3/b9-6+. The van der Waals surface area contributed by atoms with E-state index < -0.39 is 22.7 Å². The first kappa shape index (κ1) is 16.7. The van der Waals surface area contributed by atoms with Crippen molar-refractivity contribution in [3.8, 4) is 0 Å². The largest absolute Gasteiger partial charge is 0.462 e. The molecule has 0 atom stereocenters. The van der Waals surface area contributed by atoms with Crippen molar-refractivity contribution in [2.75, 3.05) is 6.61 Å². The number of pyridine rings is 1. The highest BCUT2D eigenvalue weighted by Gasteiger charge is 2.27. The van der Waals surface area contributed by atoms with Gasteiger partial charge in [0.15, 0.2) is 11.0 Å². The van der Waals surface area contributed by atoms with E-state index in [1.165, 1.54) is 6.20 Å². The van der Waals surface area contributed by atoms with Gasteiger partial charge in [0, 0.05) is 12.2 Å². The Morgan fingerprint density at radius 1 is 1.45 bits per heavy atom. The van der Waals surface area contributed by atoms with E-state index in [-0.39, 0.29) is 28.9 Å². The van der Waals surface area contributed by atoms with E-state index in [1.54, 1.807) is 6.92 Å². The Balaban J connectivity index is 2.33. The molecule has 0 unspecified atom stereocenters. The Hall–Kier alpha value is -1.66. The summed E-state index contributed by atoms with van der Waals surface area (Å²) in [6.45, 7) is 1.72. The van der Waals surface area contributed by atoms with Crippen molar-refractivity contribution >= 4 is 35.0 Å². The van der Waals surface area contributed by atoms with Gasteiger partial charge in [-0.05, 0) is 25.8 Å². The Morgan fingerprint density at radius 2 is 2.14 bits per heavy atom. The first-order valence-corrected chi connectivity index (χ1v) is 7.39. The molecule has 118 valence electrons. The molecule has 0 aromatic carbocycles. The van der Waals surface area contributed by atoms with Gasteiger partial charge in [-0.2, -0.15) is 0 Å². The minimum atomic E-state index is -0.896. The minimum absolute atomic E-state index is 0.105. The molecule has 2 rings (SSSR count). The fourth-order valence-corrected chi connectivity index (χ4v) is 2.03. The summed E-state index contributed by atoms with van der Waals surface area (Å²) in [6, 6.07) is 1.08. The van der Waals surface area contributed by atoms with Gasteiger partial charge >= 0.3 is 5.97 Å². The lowest BCUT2D eigenvalue weighted by Gasteiger charge is -2.09. The van der Waals surface area contributed by atoms with E-state index in [0.29, 0.717) is 0 Å². The van der Waals surface area contributed by atoms with Crippen molar-refractivity contribution in [3.05, 3.63) is 39.5 Å². The molecule has 8 heteroatoms. The van der Waals surface area contributed by atoms with Gasteiger partial charge < -0.3 is 10.1 Å². The lowest BCUT2D eigenvalue weighted by Crippen LogP contribution is -2.21. The molecular formula is C14H13Cl2FN2O3. The van der Waals surface area contributed by atoms with Gasteiger partial charge in [0.1, 0.15) is 10.7 Å². The molecule has 1 saturated carbocycles. The number of hydrogen-bond donors (Lipinski definition) is 1. The van der Waals surface area contributed by atoms with Crippen LogP contribution in [0.5, 0.6) is 0 Å². The molecule has 22 heavy (non-hydrogen) atoms. The molecule has 0 aliphatic heterocycles. The second-order valence-corrected chi connectivity index (χ2v) is 5.36. The molecule has 0 spiro atoms. The number of nitrogens with one attached hydrogen (secondary N) is 1. The summed E-state index contributed by atoms with van der Waals surface area (Å²) >= 11 is 11.3. The summed E-state index contributed by atoms with van der Waals surface area (Å²) in [4.78, 5) is 27.9. The lowest BCUT2D eigenvalue weighted by atomic mass is 10.1. The third-order valence-corrected chi connectivity index (χ3v) is 3.47. The number of aromatic nitrogens is 1. The molecule has 1 aliphatic rings. The molecule has 1 aromatic rings. The number of esters is 1. The summed E-state index contributed by atoms with van der Waals surface area (Å²) in [6.07, 6.45) is 3.19. The number of halogens is 3. The van der Waals surface area contributed by atoms with Crippen molar-refractivity contribution < 1.29 is 18.7 Å². The van der Waals surface area contributed by atoms with Crippen LogP contribution in [0, 0.1) is 5.82 Å². The summed E-state index contributed by atoms with van der Waals surface area (Å²) in [7, 11) is 0. The number of hydrogen-bond acceptors (Lipinski definition) is 5. The fraction of sp³-hybridized carbons (Fsp3) is 0.357. The molecule has 0 bridgehead atoms. The maximum atomic E-state index is 13.5. The normalized spacial score (nSPS) is 14.6. The molecule has 1 heterocycles. The minimum Gasteiger partial charge on any atom is -0.462 e. The van der Waals surface area contributed by atoms with Crippen LogP contribution >= 0.6 is 23.2 Å². The number of nitrogens with zero attached hydrogens (tertiary/aromatic N) is 1. The predicted octanol–water partition coefficient (Wildman–Crippen LogP) is 2.91. The molecule has 5 nitrogen and oxygen atoms in total. The van der Waals surface area contributed by atoms with Crippen LogP contribution in [0.3, 0.4) is 0 Å². The molecule has 1 aromatic heterocycles. The fourth-order valence-electron chi connectivity index (χ4n) is 1.63. The van der Waals surface area contributed by atoms with Crippen LogP contribution in [0.15, 0.2) is 17.8 Å². The zero-order valence-corrected chi connectivity index (χ0v) is 13.2. The van der Waals surface area contributed by atoms with Gasteiger partial charge in [0.2, 0.25) is 5.78 Å². The monoisotopic (exact) mass is 346 g/mol. The molecule has 0 amide bonds. The van der Waals surface area contributed by atoms with Crippen LogP contribution in [0.2, 0.25) is 10.3 Å². The van der Waals surface area contributed by atoms with E-state index in [1.807, 2.05) is 0 Å². The average molecular weight is 347 g/mol. The molecule has 1 fully saturated rings. The number of ether oxygens (including phenoxy) is 1. The highest BCUT2D eigenvalue weighted by atomic mass is 35.5. The SMILES string of the molecule is CCOC(=O)/C(=C/NC1CC1)C(=O)c1cc(F)c(Cl)nc1Cl. The van der Waals surface area contributed by atoms with Crippen LogP contribution in [-0.4, -0.2) is 29.4 Å². The van der Waals surface area contributed by atoms with E-state index in [4.69, 9.17) is 27.9 Å². The summed E-state index contributed by atoms with van der Waals surface area (Å²) in [5.74, 6) is -2.49. The van der Waals surface area contributed by atoms with Crippen molar-refractivity contribution in [3.63, 3.8) is 0 Å². The van der Waals surface area contributed by atoms with E-state index in [0.717, 1.165) is 18.9 Å². The number of ketones is 1. The van der Waals surface area contributed by atoms with Crippen LogP contribution in [0.1, 0.15) is 30.1 Å². The highest BCUT2D eigenvalue weighted by Crippen LogP contribution is 2.24. The molecule has 0 radical (unpaired) electrons. The summed E-state index contributed by atoms with van der Waals surface area (Å²) in [5.41, 5.74) is -0.514. The number of carbonyl (C=O) groups excluding carboxylic acids is 2. The van der Waals surface area contributed by atoms with Gasteiger partial charge in [0.05, 0.1) is 12.2 Å². The quantitative estimate of drug-likeness (QED) is 0.214. The third kappa shape index (κ3) is 3.96. The zero-order chi connectivity index (χ0) is 16.3. The summed E-state index contributed by atoms with van der Waals surface area (Å²) < 4.78 is 18.3. The van der Waals surface area contributed by atoms with Gasteiger partial charge in [-0.3, -0.25) is 4.79 Å². The van der Waals surface area contributed by atoms with Crippen molar-refractivity contribution in [2.24, 2.45) is 0 Å². The molecule has 0 saturated heterocycles. The van der Waals surface area contributed by atoms with Crippen molar-refractivity contribution in [1.29, 1.82) is 0 Å². The number of rotatable bonds is 6. The van der Waals surface area contributed by atoms with Gasteiger partial charge in [-0.15, -0.1) is 0 Å². The smallest absolute Gasteiger partial charge is 0.343 e.